The molecule has 0 radical (unpaired) electrons. The van der Waals surface area contributed by atoms with Crippen LogP contribution in [0.3, 0.4) is 0 Å². The highest BCUT2D eigenvalue weighted by molar-refractivity contribution is 8.00. The molecule has 0 heterocycles. The van der Waals surface area contributed by atoms with Crippen molar-refractivity contribution in [2.45, 2.75) is 158 Å². The maximum absolute atomic E-state index is 2.52. The van der Waals surface area contributed by atoms with E-state index in [1.807, 2.05) is 0 Å². The van der Waals surface area contributed by atoms with Crippen LogP contribution in [0.15, 0.2) is 23.1 Å². The Bertz CT molecular complexity index is 583. The van der Waals surface area contributed by atoms with E-state index in [1.54, 1.807) is 16.0 Å². The highest BCUT2D eigenvalue weighted by Gasteiger charge is 2.28. The predicted molar refractivity (Wildman–Crippen MR) is 141 cm³/mol. The smallest absolute Gasteiger partial charge is 0.0151 e. The van der Waals surface area contributed by atoms with Gasteiger partial charge < -0.3 is 0 Å². The van der Waals surface area contributed by atoms with E-state index in [4.69, 9.17) is 0 Å². The second-order valence-electron chi connectivity index (χ2n) is 11.2. The summed E-state index contributed by atoms with van der Waals surface area (Å²) in [6.45, 7) is 7.36. The molecule has 0 aromatic heterocycles. The minimum absolute atomic E-state index is 0.345. The fourth-order valence-corrected chi connectivity index (χ4v) is 7.50. The van der Waals surface area contributed by atoms with Crippen LogP contribution in [-0.4, -0.2) is 4.75 Å². The summed E-state index contributed by atoms with van der Waals surface area (Å²) in [5, 5.41) is 0. The summed E-state index contributed by atoms with van der Waals surface area (Å²) in [6.07, 6.45) is 25.6. The lowest BCUT2D eigenvalue weighted by atomic mass is 9.80. The van der Waals surface area contributed by atoms with Gasteiger partial charge in [0.05, 0.1) is 0 Å². The Kier molecular flexibility index (Phi) is 10.8. The summed E-state index contributed by atoms with van der Waals surface area (Å²) in [4.78, 5) is 1.72. The molecule has 1 aromatic carbocycles. The summed E-state index contributed by atoms with van der Waals surface area (Å²) in [6, 6.07) is 7.42. The van der Waals surface area contributed by atoms with Gasteiger partial charge in [0.25, 0.3) is 0 Å². The highest BCUT2D eigenvalue weighted by atomic mass is 32.2. The van der Waals surface area contributed by atoms with Crippen LogP contribution in [0.25, 0.3) is 0 Å². The van der Waals surface area contributed by atoms with Crippen molar-refractivity contribution in [2.75, 3.05) is 0 Å². The Balaban J connectivity index is 1.69. The normalized spacial score (nSPS) is 19.1. The Morgan fingerprint density at radius 3 is 1.71 bits per heavy atom. The lowest BCUT2D eigenvalue weighted by molar-refractivity contribution is 0.427. The SMILES string of the molecule is CCCCCCCCCC(C)(C)Sc1c(C2CCCCC2)cccc1C1CCCCC1. The molecule has 2 fully saturated rings. The molecule has 0 spiro atoms. The summed E-state index contributed by atoms with van der Waals surface area (Å²) >= 11 is 2.26. The van der Waals surface area contributed by atoms with Gasteiger partial charge >= 0.3 is 0 Å². The molecule has 0 saturated heterocycles. The van der Waals surface area contributed by atoms with Crippen molar-refractivity contribution in [2.24, 2.45) is 0 Å². The van der Waals surface area contributed by atoms with Crippen LogP contribution < -0.4 is 0 Å². The third-order valence-electron chi connectivity index (χ3n) is 7.93. The Morgan fingerprint density at radius 1 is 0.710 bits per heavy atom. The fraction of sp³-hybridized carbons (Fsp3) is 0.800. The van der Waals surface area contributed by atoms with Crippen LogP contribution in [0.5, 0.6) is 0 Å². The molecule has 176 valence electrons. The fourth-order valence-electron chi connectivity index (χ4n) is 6.00. The number of benzene rings is 1. The van der Waals surface area contributed by atoms with Crippen molar-refractivity contribution in [3.05, 3.63) is 29.3 Å². The van der Waals surface area contributed by atoms with Gasteiger partial charge in [-0.1, -0.05) is 122 Å². The van der Waals surface area contributed by atoms with E-state index in [2.05, 4.69) is 50.7 Å². The maximum atomic E-state index is 2.52. The first kappa shape index (κ1) is 25.2. The maximum Gasteiger partial charge on any atom is 0.0151 e. The standard InChI is InChI=1S/C30H50S/c1-4-5-6-7-8-9-16-24-30(2,3)31-29-27(25-18-12-10-13-19-25)22-17-23-28(29)26-20-14-11-15-21-26/h17,22-23,25-26H,4-16,18-21,24H2,1-3H3. The number of unbranched alkanes of at least 4 members (excludes halogenated alkanes) is 6. The number of hydrogen-bond donors (Lipinski definition) is 0. The van der Waals surface area contributed by atoms with Crippen LogP contribution in [0.2, 0.25) is 0 Å². The van der Waals surface area contributed by atoms with Gasteiger partial charge in [0.2, 0.25) is 0 Å². The molecule has 0 atom stereocenters. The van der Waals surface area contributed by atoms with E-state index in [0.29, 0.717) is 4.75 Å². The molecule has 31 heavy (non-hydrogen) atoms. The van der Waals surface area contributed by atoms with Crippen molar-refractivity contribution in [3.63, 3.8) is 0 Å². The van der Waals surface area contributed by atoms with Crippen LogP contribution in [0.4, 0.5) is 0 Å². The van der Waals surface area contributed by atoms with E-state index >= 15 is 0 Å². The highest BCUT2D eigenvalue weighted by Crippen LogP contribution is 2.48. The summed E-state index contributed by atoms with van der Waals surface area (Å²) in [5.74, 6) is 1.63. The van der Waals surface area contributed by atoms with Gasteiger partial charge in [0.15, 0.2) is 0 Å². The monoisotopic (exact) mass is 442 g/mol. The minimum Gasteiger partial charge on any atom is -0.119 e. The minimum atomic E-state index is 0.345. The molecule has 0 bridgehead atoms. The lowest BCUT2D eigenvalue weighted by Crippen LogP contribution is -2.18. The second-order valence-corrected chi connectivity index (χ2v) is 12.9. The molecule has 0 aliphatic heterocycles. The van der Waals surface area contributed by atoms with Gasteiger partial charge in [0, 0.05) is 9.64 Å². The molecule has 2 aliphatic carbocycles. The van der Waals surface area contributed by atoms with Crippen LogP contribution in [-0.2, 0) is 0 Å². The number of rotatable bonds is 12. The van der Waals surface area contributed by atoms with Crippen molar-refractivity contribution >= 4 is 11.8 Å². The second kappa shape index (κ2) is 13.3. The van der Waals surface area contributed by atoms with Crippen molar-refractivity contribution in [1.82, 2.24) is 0 Å². The molecule has 1 heteroatoms. The quantitative estimate of drug-likeness (QED) is 0.229. The first-order chi connectivity index (χ1) is 15.1. The topological polar surface area (TPSA) is 0 Å². The van der Waals surface area contributed by atoms with Crippen molar-refractivity contribution in [3.8, 4) is 0 Å². The van der Waals surface area contributed by atoms with E-state index in [-0.39, 0.29) is 0 Å². The predicted octanol–water partition coefficient (Wildman–Crippen LogP) is 10.8. The van der Waals surface area contributed by atoms with Gasteiger partial charge in [-0.15, -0.1) is 11.8 Å². The zero-order valence-electron chi connectivity index (χ0n) is 21.0. The largest absolute Gasteiger partial charge is 0.119 e. The molecule has 0 amide bonds. The average molecular weight is 443 g/mol. The van der Waals surface area contributed by atoms with Crippen molar-refractivity contribution in [1.29, 1.82) is 0 Å². The molecular weight excluding hydrogens is 392 g/mol. The molecule has 2 saturated carbocycles. The third-order valence-corrected chi connectivity index (χ3v) is 9.36. The first-order valence-electron chi connectivity index (χ1n) is 13.9. The number of hydrogen-bond acceptors (Lipinski definition) is 1. The summed E-state index contributed by atoms with van der Waals surface area (Å²) in [7, 11) is 0. The molecule has 3 rings (SSSR count). The summed E-state index contributed by atoms with van der Waals surface area (Å²) in [5.41, 5.74) is 3.45. The van der Waals surface area contributed by atoms with E-state index in [9.17, 15) is 0 Å². The van der Waals surface area contributed by atoms with E-state index in [1.165, 1.54) is 116 Å². The first-order valence-corrected chi connectivity index (χ1v) is 14.7. The van der Waals surface area contributed by atoms with Gasteiger partial charge in [-0.3, -0.25) is 0 Å². The Labute approximate surface area is 198 Å². The average Bonchev–Trinajstić information content (AvgIpc) is 2.79. The van der Waals surface area contributed by atoms with Gasteiger partial charge in [-0.2, -0.15) is 0 Å². The molecule has 0 nitrogen and oxygen atoms in total. The molecule has 0 N–H and O–H groups in total. The van der Waals surface area contributed by atoms with Gasteiger partial charge in [-0.25, -0.2) is 0 Å². The molecule has 1 aromatic rings. The van der Waals surface area contributed by atoms with Crippen molar-refractivity contribution < 1.29 is 0 Å². The van der Waals surface area contributed by atoms with E-state index < -0.39 is 0 Å². The van der Waals surface area contributed by atoms with Gasteiger partial charge in [0.1, 0.15) is 0 Å². The number of thioether (sulfide) groups is 1. The van der Waals surface area contributed by atoms with Crippen LogP contribution in [0, 0.1) is 0 Å². The zero-order valence-corrected chi connectivity index (χ0v) is 21.8. The Hall–Kier alpha value is -0.430. The molecule has 0 unspecified atom stereocenters. The molecule has 2 aliphatic rings. The molecular formula is C30H50S. The summed E-state index contributed by atoms with van der Waals surface area (Å²) < 4.78 is 0.345. The van der Waals surface area contributed by atoms with Crippen LogP contribution >= 0.6 is 11.8 Å². The zero-order chi connectivity index (χ0) is 21.9. The third kappa shape index (κ3) is 8.13. The lowest BCUT2D eigenvalue weighted by Gasteiger charge is -2.33. The van der Waals surface area contributed by atoms with Gasteiger partial charge in [-0.05, 0) is 55.1 Å². The van der Waals surface area contributed by atoms with E-state index in [0.717, 1.165) is 11.8 Å². The Morgan fingerprint density at radius 2 is 1.19 bits per heavy atom. The van der Waals surface area contributed by atoms with Crippen LogP contribution in [0.1, 0.15) is 159 Å².